The summed E-state index contributed by atoms with van der Waals surface area (Å²) in [7, 11) is -0.669. The molecule has 1 aliphatic carbocycles. The maximum atomic E-state index is 11.4. The van der Waals surface area contributed by atoms with Crippen molar-refractivity contribution in [2.24, 2.45) is 5.73 Å². The highest BCUT2D eigenvalue weighted by Gasteiger charge is 2.25. The molecule has 0 aromatic rings. The second kappa shape index (κ2) is 4.21. The van der Waals surface area contributed by atoms with E-state index in [9.17, 15) is 4.21 Å². The van der Waals surface area contributed by atoms with E-state index < -0.39 is 10.8 Å². The molecule has 0 amide bonds. The summed E-state index contributed by atoms with van der Waals surface area (Å²) in [4.78, 5) is 0. The summed E-state index contributed by atoms with van der Waals surface area (Å²) >= 11 is 0. The predicted octanol–water partition coefficient (Wildman–Crippen LogP) is 1.02. The molecule has 3 atom stereocenters. The average Bonchev–Trinajstić information content (AvgIpc) is 2.04. The van der Waals surface area contributed by atoms with Crippen molar-refractivity contribution >= 4 is 10.8 Å². The first kappa shape index (κ1) is 9.20. The monoisotopic (exact) mass is 175 g/mol. The molecule has 2 N–H and O–H groups in total. The third kappa shape index (κ3) is 2.27. The minimum atomic E-state index is -0.669. The number of hydrogen-bond acceptors (Lipinski definition) is 2. The molecule has 0 aliphatic heterocycles. The predicted molar refractivity (Wildman–Crippen MR) is 48.9 cm³/mol. The Bertz CT molecular complexity index is 149. The van der Waals surface area contributed by atoms with E-state index >= 15 is 0 Å². The van der Waals surface area contributed by atoms with Crippen LogP contribution in [0.15, 0.2) is 0 Å². The van der Waals surface area contributed by atoms with Gasteiger partial charge in [0.15, 0.2) is 0 Å². The van der Waals surface area contributed by atoms with E-state index in [1.807, 2.05) is 6.92 Å². The Morgan fingerprint density at radius 3 is 2.64 bits per heavy atom. The molecule has 0 unspecified atom stereocenters. The fraction of sp³-hybridized carbons (Fsp3) is 1.00. The highest BCUT2D eigenvalue weighted by Crippen LogP contribution is 2.21. The van der Waals surface area contributed by atoms with Gasteiger partial charge in [0.05, 0.1) is 0 Å². The summed E-state index contributed by atoms with van der Waals surface area (Å²) in [5, 5.41) is 0.286. The Morgan fingerprint density at radius 2 is 2.09 bits per heavy atom. The van der Waals surface area contributed by atoms with Crippen molar-refractivity contribution in [3.8, 4) is 0 Å². The van der Waals surface area contributed by atoms with Crippen LogP contribution in [0, 0.1) is 0 Å². The van der Waals surface area contributed by atoms with Crippen LogP contribution in [0.25, 0.3) is 0 Å². The van der Waals surface area contributed by atoms with E-state index in [4.69, 9.17) is 5.73 Å². The highest BCUT2D eigenvalue weighted by atomic mass is 32.2. The second-order valence-corrected chi connectivity index (χ2v) is 5.10. The van der Waals surface area contributed by atoms with Gasteiger partial charge < -0.3 is 5.73 Å². The van der Waals surface area contributed by atoms with Crippen molar-refractivity contribution in [1.29, 1.82) is 0 Å². The Hall–Kier alpha value is 0.110. The van der Waals surface area contributed by atoms with Crippen LogP contribution in [0.4, 0.5) is 0 Å². The number of rotatable bonds is 2. The summed E-state index contributed by atoms with van der Waals surface area (Å²) in [6, 6.07) is 0.199. The summed E-state index contributed by atoms with van der Waals surface area (Å²) in [6.07, 6.45) is 4.57. The van der Waals surface area contributed by atoms with Crippen LogP contribution in [-0.2, 0) is 10.8 Å². The van der Waals surface area contributed by atoms with E-state index in [2.05, 4.69) is 0 Å². The molecule has 1 saturated carbocycles. The van der Waals surface area contributed by atoms with Crippen LogP contribution in [0.5, 0.6) is 0 Å². The molecule has 2 nitrogen and oxygen atoms in total. The summed E-state index contributed by atoms with van der Waals surface area (Å²) in [5.74, 6) is 0.762. The smallest absolute Gasteiger partial charge is 0.0498 e. The topological polar surface area (TPSA) is 43.1 Å². The zero-order valence-corrected chi connectivity index (χ0v) is 7.90. The van der Waals surface area contributed by atoms with Crippen molar-refractivity contribution in [1.82, 2.24) is 0 Å². The molecule has 0 saturated heterocycles. The van der Waals surface area contributed by atoms with Gasteiger partial charge >= 0.3 is 0 Å². The van der Waals surface area contributed by atoms with Crippen LogP contribution in [0.3, 0.4) is 0 Å². The largest absolute Gasteiger partial charge is 0.327 e. The van der Waals surface area contributed by atoms with E-state index in [0.29, 0.717) is 0 Å². The van der Waals surface area contributed by atoms with Gasteiger partial charge in [-0.25, -0.2) is 0 Å². The molecule has 1 fully saturated rings. The maximum absolute atomic E-state index is 11.4. The molecule has 0 bridgehead atoms. The van der Waals surface area contributed by atoms with Gasteiger partial charge in [0.2, 0.25) is 0 Å². The van der Waals surface area contributed by atoms with E-state index in [1.54, 1.807) is 0 Å². The summed E-state index contributed by atoms with van der Waals surface area (Å²) in [6.45, 7) is 1.97. The van der Waals surface area contributed by atoms with E-state index in [-0.39, 0.29) is 11.3 Å². The molecule has 66 valence electrons. The van der Waals surface area contributed by atoms with E-state index in [0.717, 1.165) is 18.6 Å². The van der Waals surface area contributed by atoms with Gasteiger partial charge in [0.25, 0.3) is 0 Å². The van der Waals surface area contributed by atoms with Crippen molar-refractivity contribution in [3.05, 3.63) is 0 Å². The molecule has 0 radical (unpaired) electrons. The minimum absolute atomic E-state index is 0.199. The van der Waals surface area contributed by atoms with Crippen LogP contribution in [0.1, 0.15) is 32.6 Å². The first-order valence-corrected chi connectivity index (χ1v) is 5.76. The van der Waals surface area contributed by atoms with Crippen molar-refractivity contribution in [3.63, 3.8) is 0 Å². The Balaban J connectivity index is 2.47. The molecule has 0 spiro atoms. The lowest BCUT2D eigenvalue weighted by atomic mass is 9.96. The van der Waals surface area contributed by atoms with Gasteiger partial charge in [0.1, 0.15) is 0 Å². The fourth-order valence-electron chi connectivity index (χ4n) is 1.67. The molecule has 0 heterocycles. The van der Waals surface area contributed by atoms with E-state index in [1.165, 1.54) is 12.8 Å². The Morgan fingerprint density at radius 1 is 1.45 bits per heavy atom. The zero-order chi connectivity index (χ0) is 8.27. The summed E-state index contributed by atoms with van der Waals surface area (Å²) in [5.41, 5.74) is 5.86. The Labute approximate surface area is 71.0 Å². The van der Waals surface area contributed by atoms with Gasteiger partial charge in [0, 0.05) is 27.8 Å². The van der Waals surface area contributed by atoms with Crippen molar-refractivity contribution in [2.45, 2.75) is 43.9 Å². The second-order valence-electron chi connectivity index (χ2n) is 3.16. The quantitative estimate of drug-likeness (QED) is 0.681. The standard InChI is InChI=1S/C8H17NOS/c1-2-11(10)8-6-4-3-5-7(8)9/h7-8H,2-6,9H2,1H3/t7-,8-,11+/m0/s1. The number of hydrogen-bond donors (Lipinski definition) is 1. The molecule has 1 aliphatic rings. The van der Waals surface area contributed by atoms with Crippen LogP contribution in [-0.4, -0.2) is 21.3 Å². The lowest BCUT2D eigenvalue weighted by Crippen LogP contribution is -2.40. The van der Waals surface area contributed by atoms with Crippen LogP contribution in [0.2, 0.25) is 0 Å². The van der Waals surface area contributed by atoms with Crippen LogP contribution < -0.4 is 5.73 Å². The molecule has 1 rings (SSSR count). The third-order valence-corrected chi connectivity index (χ3v) is 4.21. The van der Waals surface area contributed by atoms with Crippen LogP contribution >= 0.6 is 0 Å². The lowest BCUT2D eigenvalue weighted by Gasteiger charge is -2.27. The number of nitrogens with two attached hydrogens (primary N) is 1. The van der Waals surface area contributed by atoms with Crippen molar-refractivity contribution < 1.29 is 4.21 Å². The molecule has 11 heavy (non-hydrogen) atoms. The summed E-state index contributed by atoms with van der Waals surface area (Å²) < 4.78 is 11.4. The molecule has 0 aromatic carbocycles. The van der Waals surface area contributed by atoms with Gasteiger partial charge in [-0.3, -0.25) is 4.21 Å². The normalized spacial score (nSPS) is 35.1. The SMILES string of the molecule is CC[S@@](=O)[C@H]1CCCC[C@@H]1N. The first-order chi connectivity index (χ1) is 5.25. The maximum Gasteiger partial charge on any atom is 0.0498 e. The third-order valence-electron chi connectivity index (χ3n) is 2.38. The molecule has 0 aromatic heterocycles. The van der Waals surface area contributed by atoms with Gasteiger partial charge in [-0.15, -0.1) is 0 Å². The fourth-order valence-corrected chi connectivity index (χ4v) is 3.05. The first-order valence-electron chi connectivity index (χ1n) is 4.38. The average molecular weight is 175 g/mol. The molecular weight excluding hydrogens is 158 g/mol. The van der Waals surface area contributed by atoms with Gasteiger partial charge in [-0.1, -0.05) is 19.8 Å². The highest BCUT2D eigenvalue weighted by molar-refractivity contribution is 7.85. The molecule has 3 heteroatoms. The van der Waals surface area contributed by atoms with Gasteiger partial charge in [-0.05, 0) is 12.8 Å². The molecular formula is C8H17NOS. The zero-order valence-electron chi connectivity index (χ0n) is 7.08. The van der Waals surface area contributed by atoms with Crippen molar-refractivity contribution in [2.75, 3.05) is 5.75 Å². The Kier molecular flexibility index (Phi) is 3.52. The van der Waals surface area contributed by atoms with Gasteiger partial charge in [-0.2, -0.15) is 0 Å². The minimum Gasteiger partial charge on any atom is -0.327 e. The lowest BCUT2D eigenvalue weighted by molar-refractivity contribution is 0.445.